The lowest BCUT2D eigenvalue weighted by molar-refractivity contribution is -0.125. The quantitative estimate of drug-likeness (QED) is 0.821. The molecule has 2 unspecified atom stereocenters. The molecule has 0 radical (unpaired) electrons. The zero-order valence-corrected chi connectivity index (χ0v) is 15.2. The molecule has 25 heavy (non-hydrogen) atoms. The van der Waals surface area contributed by atoms with E-state index in [1.165, 1.54) is 0 Å². The number of anilines is 1. The number of benzene rings is 2. The molecule has 0 bridgehead atoms. The standard InChI is InChI=1S/C19H18Cl2N2O2/c1-11-3-2-4-12(7-11)10-22-18(24)14-9-15(14)19(25)23-13-5-6-16(20)17(21)8-13/h2-8,14-15H,9-10H2,1H3,(H,22,24)(H,23,25). The lowest BCUT2D eigenvalue weighted by Crippen LogP contribution is -2.27. The van der Waals surface area contributed by atoms with E-state index in [-0.39, 0.29) is 23.7 Å². The van der Waals surface area contributed by atoms with E-state index in [0.717, 1.165) is 11.1 Å². The molecule has 1 fully saturated rings. The molecule has 0 spiro atoms. The fraction of sp³-hybridized carbons (Fsp3) is 0.263. The van der Waals surface area contributed by atoms with Gasteiger partial charge in [-0.1, -0.05) is 53.0 Å². The van der Waals surface area contributed by atoms with Crippen LogP contribution in [0.1, 0.15) is 17.5 Å². The maximum atomic E-state index is 12.2. The Labute approximate surface area is 156 Å². The minimum absolute atomic E-state index is 0.0872. The normalized spacial score (nSPS) is 18.5. The average Bonchev–Trinajstić information content (AvgIpc) is 3.37. The summed E-state index contributed by atoms with van der Waals surface area (Å²) in [5.74, 6) is -0.829. The predicted octanol–water partition coefficient (Wildman–Crippen LogP) is 4.19. The molecule has 2 atom stereocenters. The monoisotopic (exact) mass is 376 g/mol. The fourth-order valence-electron chi connectivity index (χ4n) is 2.73. The largest absolute Gasteiger partial charge is 0.352 e. The maximum absolute atomic E-state index is 12.2. The van der Waals surface area contributed by atoms with Crippen molar-refractivity contribution in [2.75, 3.05) is 5.32 Å². The molecule has 0 heterocycles. The molecule has 2 N–H and O–H groups in total. The van der Waals surface area contributed by atoms with Crippen LogP contribution in [-0.4, -0.2) is 11.8 Å². The molecule has 0 saturated heterocycles. The molecule has 2 aromatic rings. The molecule has 0 aliphatic heterocycles. The third kappa shape index (κ3) is 4.53. The van der Waals surface area contributed by atoms with Crippen molar-refractivity contribution in [3.05, 3.63) is 63.6 Å². The van der Waals surface area contributed by atoms with Gasteiger partial charge in [-0.2, -0.15) is 0 Å². The van der Waals surface area contributed by atoms with Gasteiger partial charge in [0.1, 0.15) is 0 Å². The number of halogens is 2. The van der Waals surface area contributed by atoms with Crippen molar-refractivity contribution < 1.29 is 9.59 Å². The van der Waals surface area contributed by atoms with Gasteiger partial charge in [0.15, 0.2) is 0 Å². The van der Waals surface area contributed by atoms with Gasteiger partial charge >= 0.3 is 0 Å². The highest BCUT2D eigenvalue weighted by molar-refractivity contribution is 6.42. The summed E-state index contributed by atoms with van der Waals surface area (Å²) in [6.45, 7) is 2.48. The topological polar surface area (TPSA) is 58.2 Å². The molecule has 130 valence electrons. The van der Waals surface area contributed by atoms with Gasteiger partial charge in [-0.05, 0) is 37.1 Å². The van der Waals surface area contributed by atoms with Gasteiger partial charge in [0, 0.05) is 12.2 Å². The van der Waals surface area contributed by atoms with Crippen molar-refractivity contribution in [1.29, 1.82) is 0 Å². The Morgan fingerprint density at radius 1 is 1.04 bits per heavy atom. The van der Waals surface area contributed by atoms with Gasteiger partial charge in [0.05, 0.1) is 21.9 Å². The first-order chi connectivity index (χ1) is 11.9. The number of aryl methyl sites for hydroxylation is 1. The van der Waals surface area contributed by atoms with Crippen molar-refractivity contribution in [2.45, 2.75) is 19.9 Å². The third-order valence-electron chi connectivity index (χ3n) is 4.20. The molecular formula is C19H18Cl2N2O2. The number of nitrogens with one attached hydrogen (secondary N) is 2. The van der Waals surface area contributed by atoms with E-state index in [1.54, 1.807) is 18.2 Å². The molecule has 1 aliphatic rings. The predicted molar refractivity (Wildman–Crippen MR) is 99.7 cm³/mol. The Kier molecular flexibility index (Phi) is 5.30. The minimum Gasteiger partial charge on any atom is -0.352 e. The Balaban J connectivity index is 1.50. The molecule has 1 aliphatic carbocycles. The van der Waals surface area contributed by atoms with Crippen LogP contribution in [0, 0.1) is 18.8 Å². The van der Waals surface area contributed by atoms with Crippen molar-refractivity contribution in [3.8, 4) is 0 Å². The summed E-state index contributed by atoms with van der Waals surface area (Å²) in [7, 11) is 0. The van der Waals surface area contributed by atoms with Crippen molar-refractivity contribution in [3.63, 3.8) is 0 Å². The van der Waals surface area contributed by atoms with Crippen LogP contribution < -0.4 is 10.6 Å². The Hall–Kier alpha value is -2.04. The van der Waals surface area contributed by atoms with Crippen LogP contribution >= 0.6 is 23.2 Å². The molecule has 0 aromatic heterocycles. The van der Waals surface area contributed by atoms with E-state index < -0.39 is 0 Å². The van der Waals surface area contributed by atoms with Crippen molar-refractivity contribution in [2.24, 2.45) is 11.8 Å². The Morgan fingerprint density at radius 3 is 2.52 bits per heavy atom. The lowest BCUT2D eigenvalue weighted by atomic mass is 10.1. The van der Waals surface area contributed by atoms with Crippen LogP contribution in [0.3, 0.4) is 0 Å². The molecule has 2 aromatic carbocycles. The van der Waals surface area contributed by atoms with Gasteiger partial charge in [-0.25, -0.2) is 0 Å². The van der Waals surface area contributed by atoms with Crippen molar-refractivity contribution in [1.82, 2.24) is 5.32 Å². The SMILES string of the molecule is Cc1cccc(CNC(=O)C2CC2C(=O)Nc2ccc(Cl)c(Cl)c2)c1. The number of amides is 2. The molecule has 4 nitrogen and oxygen atoms in total. The second-order valence-electron chi connectivity index (χ2n) is 6.27. The van der Waals surface area contributed by atoms with Crippen LogP contribution in [0.2, 0.25) is 10.0 Å². The average molecular weight is 377 g/mol. The fourth-order valence-corrected chi connectivity index (χ4v) is 3.02. The molecule has 2 amide bonds. The maximum Gasteiger partial charge on any atom is 0.228 e. The minimum atomic E-state index is -0.299. The molecule has 6 heteroatoms. The zero-order chi connectivity index (χ0) is 18.0. The smallest absolute Gasteiger partial charge is 0.228 e. The van der Waals surface area contributed by atoms with E-state index in [2.05, 4.69) is 10.6 Å². The molecule has 1 saturated carbocycles. The van der Waals surface area contributed by atoms with Gasteiger partial charge in [-0.15, -0.1) is 0 Å². The number of hydrogen-bond donors (Lipinski definition) is 2. The number of hydrogen-bond acceptors (Lipinski definition) is 2. The number of carbonyl (C=O) groups is 2. The first-order valence-corrected chi connectivity index (χ1v) is 8.79. The summed E-state index contributed by atoms with van der Waals surface area (Å²) in [5.41, 5.74) is 2.77. The summed E-state index contributed by atoms with van der Waals surface area (Å²) in [4.78, 5) is 24.4. The number of rotatable bonds is 5. The first-order valence-electron chi connectivity index (χ1n) is 8.03. The summed E-state index contributed by atoms with van der Waals surface area (Å²) >= 11 is 11.8. The summed E-state index contributed by atoms with van der Waals surface area (Å²) in [6.07, 6.45) is 0.562. The molecular weight excluding hydrogens is 359 g/mol. The van der Waals surface area contributed by atoms with Crippen LogP contribution in [0.5, 0.6) is 0 Å². The highest BCUT2D eigenvalue weighted by Crippen LogP contribution is 2.39. The van der Waals surface area contributed by atoms with Gasteiger partial charge < -0.3 is 10.6 Å². The summed E-state index contributed by atoms with van der Waals surface area (Å²) < 4.78 is 0. The van der Waals surface area contributed by atoms with Crippen LogP contribution in [0.4, 0.5) is 5.69 Å². The number of carbonyl (C=O) groups excluding carboxylic acids is 2. The Morgan fingerprint density at radius 2 is 1.80 bits per heavy atom. The van der Waals surface area contributed by atoms with Crippen LogP contribution in [0.15, 0.2) is 42.5 Å². The highest BCUT2D eigenvalue weighted by atomic mass is 35.5. The zero-order valence-electron chi connectivity index (χ0n) is 13.7. The van der Waals surface area contributed by atoms with Gasteiger partial charge in [0.25, 0.3) is 0 Å². The first kappa shape index (κ1) is 17.8. The van der Waals surface area contributed by atoms with Crippen molar-refractivity contribution >= 4 is 40.7 Å². The van der Waals surface area contributed by atoms with E-state index >= 15 is 0 Å². The molecule has 3 rings (SSSR count). The van der Waals surface area contributed by atoms with E-state index in [4.69, 9.17) is 23.2 Å². The Bertz CT molecular complexity index is 823. The van der Waals surface area contributed by atoms with Gasteiger partial charge in [0.2, 0.25) is 11.8 Å². The van der Waals surface area contributed by atoms with Crippen LogP contribution in [0.25, 0.3) is 0 Å². The van der Waals surface area contributed by atoms with E-state index in [0.29, 0.717) is 28.7 Å². The lowest BCUT2D eigenvalue weighted by Gasteiger charge is -2.07. The van der Waals surface area contributed by atoms with Crippen LogP contribution in [-0.2, 0) is 16.1 Å². The van der Waals surface area contributed by atoms with E-state index in [1.807, 2.05) is 31.2 Å². The van der Waals surface area contributed by atoms with Gasteiger partial charge in [-0.3, -0.25) is 9.59 Å². The summed E-state index contributed by atoms with van der Waals surface area (Å²) in [6, 6.07) is 12.9. The second kappa shape index (κ2) is 7.46. The summed E-state index contributed by atoms with van der Waals surface area (Å²) in [5, 5.41) is 6.48. The second-order valence-corrected chi connectivity index (χ2v) is 7.09. The highest BCUT2D eigenvalue weighted by Gasteiger charge is 2.47. The van der Waals surface area contributed by atoms with E-state index in [9.17, 15) is 9.59 Å². The third-order valence-corrected chi connectivity index (χ3v) is 4.94.